The van der Waals surface area contributed by atoms with Crippen LogP contribution in [0.5, 0.6) is 5.75 Å². The molecule has 2 N–H and O–H groups in total. The number of nitrogens with two attached hydrogens (primary N) is 1. The number of nitrogen functional groups attached to an aromatic ring is 1. The molecule has 0 fully saturated rings. The van der Waals surface area contributed by atoms with Crippen molar-refractivity contribution >= 4 is 22.8 Å². The van der Waals surface area contributed by atoms with Crippen molar-refractivity contribution in [3.05, 3.63) is 59.4 Å². The maximum Gasteiger partial charge on any atom is 0.228 e. The van der Waals surface area contributed by atoms with Crippen molar-refractivity contribution in [3.63, 3.8) is 0 Å². The molecule has 8 heteroatoms. The quantitative estimate of drug-likeness (QED) is 0.564. The summed E-state index contributed by atoms with van der Waals surface area (Å²) in [5.74, 6) is 0.909. The number of methoxy groups -OCH3 is 1. The molecule has 7 nitrogen and oxygen atoms in total. The summed E-state index contributed by atoms with van der Waals surface area (Å²) in [4.78, 5) is 11.5. The average Bonchev–Trinajstić information content (AvgIpc) is 3.06. The van der Waals surface area contributed by atoms with Crippen molar-refractivity contribution in [2.45, 2.75) is 13.0 Å². The fraction of sp³-hybridized carbons (Fsp3) is 0.227. The standard InChI is InChI=1S/C22H21FN6O/c1-28-20(24)18-19(16-8-7-15(30-2)11-17(16)23)25-22(26-21(18)27-28)29-10-9-13-5-3-4-6-14(13)12-29/h3-8,11H,9-10,12,24H2,1-2H3. The van der Waals surface area contributed by atoms with Gasteiger partial charge in [-0.25, -0.2) is 9.37 Å². The summed E-state index contributed by atoms with van der Waals surface area (Å²) >= 11 is 0. The summed E-state index contributed by atoms with van der Waals surface area (Å²) in [5.41, 5.74) is 10.0. The van der Waals surface area contributed by atoms with Crippen LogP contribution in [0.2, 0.25) is 0 Å². The van der Waals surface area contributed by atoms with Gasteiger partial charge in [-0.15, -0.1) is 0 Å². The van der Waals surface area contributed by atoms with Gasteiger partial charge in [0.15, 0.2) is 5.65 Å². The van der Waals surface area contributed by atoms with Gasteiger partial charge in [0.1, 0.15) is 17.4 Å². The Balaban J connectivity index is 1.67. The van der Waals surface area contributed by atoms with Crippen molar-refractivity contribution in [2.75, 3.05) is 24.3 Å². The first-order chi connectivity index (χ1) is 14.5. The Hall–Kier alpha value is -3.68. The fourth-order valence-corrected chi connectivity index (χ4v) is 3.92. The number of nitrogens with zero attached hydrogens (tertiary/aromatic N) is 5. The summed E-state index contributed by atoms with van der Waals surface area (Å²) < 4.78 is 21.6. The SMILES string of the molecule is COc1ccc(-c2nc(N3CCc4ccccc4C3)nc3nn(C)c(N)c23)c(F)c1. The molecule has 1 aliphatic heterocycles. The maximum atomic E-state index is 14.9. The van der Waals surface area contributed by atoms with Gasteiger partial charge in [0, 0.05) is 31.8 Å². The molecule has 152 valence electrons. The van der Waals surface area contributed by atoms with E-state index in [9.17, 15) is 4.39 Å². The highest BCUT2D eigenvalue weighted by Gasteiger charge is 2.24. The van der Waals surface area contributed by atoms with Gasteiger partial charge in [-0.3, -0.25) is 4.68 Å². The van der Waals surface area contributed by atoms with E-state index in [0.717, 1.165) is 13.0 Å². The maximum absolute atomic E-state index is 14.9. The van der Waals surface area contributed by atoms with E-state index in [-0.39, 0.29) is 0 Å². The van der Waals surface area contributed by atoms with Gasteiger partial charge in [0.25, 0.3) is 0 Å². The lowest BCUT2D eigenvalue weighted by Gasteiger charge is -2.29. The fourth-order valence-electron chi connectivity index (χ4n) is 3.92. The summed E-state index contributed by atoms with van der Waals surface area (Å²) in [6.45, 7) is 1.46. The lowest BCUT2D eigenvalue weighted by molar-refractivity contribution is 0.411. The molecular weight excluding hydrogens is 383 g/mol. The van der Waals surface area contributed by atoms with Crippen molar-refractivity contribution in [2.24, 2.45) is 7.05 Å². The van der Waals surface area contributed by atoms with Gasteiger partial charge in [-0.1, -0.05) is 24.3 Å². The van der Waals surface area contributed by atoms with Crippen LogP contribution < -0.4 is 15.4 Å². The number of aromatic nitrogens is 4. The summed E-state index contributed by atoms with van der Waals surface area (Å²) in [5, 5.41) is 4.97. The van der Waals surface area contributed by atoms with E-state index in [1.54, 1.807) is 23.9 Å². The van der Waals surface area contributed by atoms with Gasteiger partial charge in [-0.05, 0) is 29.7 Å². The van der Waals surface area contributed by atoms with Crippen LogP contribution in [0.4, 0.5) is 16.2 Å². The second kappa shape index (κ2) is 6.98. The first-order valence-corrected chi connectivity index (χ1v) is 9.71. The van der Waals surface area contributed by atoms with E-state index in [0.29, 0.717) is 46.4 Å². The van der Waals surface area contributed by atoms with Crippen LogP contribution in [0.15, 0.2) is 42.5 Å². The molecular formula is C22H21FN6O. The van der Waals surface area contributed by atoms with Crippen LogP contribution in [-0.2, 0) is 20.0 Å². The number of anilines is 2. The first-order valence-electron chi connectivity index (χ1n) is 9.71. The molecule has 0 spiro atoms. The topological polar surface area (TPSA) is 82.1 Å². The normalized spacial score (nSPS) is 13.5. The van der Waals surface area contributed by atoms with Crippen LogP contribution in [0, 0.1) is 5.82 Å². The molecule has 30 heavy (non-hydrogen) atoms. The van der Waals surface area contributed by atoms with Crippen LogP contribution >= 0.6 is 0 Å². The third kappa shape index (κ3) is 2.92. The molecule has 0 aliphatic carbocycles. The highest BCUT2D eigenvalue weighted by molar-refractivity contribution is 5.99. The molecule has 0 saturated heterocycles. The molecule has 2 aromatic heterocycles. The molecule has 0 atom stereocenters. The highest BCUT2D eigenvalue weighted by Crippen LogP contribution is 2.35. The highest BCUT2D eigenvalue weighted by atomic mass is 19.1. The monoisotopic (exact) mass is 404 g/mol. The minimum atomic E-state index is -0.437. The van der Waals surface area contributed by atoms with E-state index in [2.05, 4.69) is 33.2 Å². The second-order valence-corrected chi connectivity index (χ2v) is 7.37. The Morgan fingerprint density at radius 3 is 2.67 bits per heavy atom. The summed E-state index contributed by atoms with van der Waals surface area (Å²) in [7, 11) is 3.24. The molecule has 1 aliphatic rings. The van der Waals surface area contributed by atoms with Crippen molar-refractivity contribution in [1.82, 2.24) is 19.7 Å². The Bertz CT molecular complexity index is 1270. The van der Waals surface area contributed by atoms with Crippen LogP contribution in [0.3, 0.4) is 0 Å². The average molecular weight is 404 g/mol. The summed E-state index contributed by atoms with van der Waals surface area (Å²) in [6, 6.07) is 13.0. The molecule has 0 saturated carbocycles. The minimum absolute atomic E-state index is 0.335. The van der Waals surface area contributed by atoms with E-state index in [4.69, 9.17) is 15.5 Å². The number of aryl methyl sites for hydroxylation is 1. The van der Waals surface area contributed by atoms with E-state index < -0.39 is 5.82 Å². The zero-order valence-corrected chi connectivity index (χ0v) is 16.8. The van der Waals surface area contributed by atoms with Crippen molar-refractivity contribution in [3.8, 4) is 17.0 Å². The molecule has 4 aromatic rings. The minimum Gasteiger partial charge on any atom is -0.497 e. The van der Waals surface area contributed by atoms with E-state index in [1.165, 1.54) is 24.3 Å². The lowest BCUT2D eigenvalue weighted by atomic mass is 10.0. The third-order valence-electron chi connectivity index (χ3n) is 5.57. The summed E-state index contributed by atoms with van der Waals surface area (Å²) in [6.07, 6.45) is 0.897. The van der Waals surface area contributed by atoms with Gasteiger partial charge >= 0.3 is 0 Å². The predicted molar refractivity (Wildman–Crippen MR) is 114 cm³/mol. The van der Waals surface area contributed by atoms with Crippen molar-refractivity contribution in [1.29, 1.82) is 0 Å². The molecule has 3 heterocycles. The zero-order valence-electron chi connectivity index (χ0n) is 16.8. The molecule has 0 bridgehead atoms. The third-order valence-corrected chi connectivity index (χ3v) is 5.57. The number of rotatable bonds is 3. The van der Waals surface area contributed by atoms with Gasteiger partial charge in [0.05, 0.1) is 18.2 Å². The molecule has 0 amide bonds. The van der Waals surface area contributed by atoms with E-state index in [1.807, 2.05) is 6.07 Å². The lowest BCUT2D eigenvalue weighted by Crippen LogP contribution is -2.31. The Labute approximate surface area is 172 Å². The number of fused-ring (bicyclic) bond motifs is 2. The predicted octanol–water partition coefficient (Wildman–Crippen LogP) is 3.32. The van der Waals surface area contributed by atoms with Gasteiger partial charge < -0.3 is 15.4 Å². The smallest absolute Gasteiger partial charge is 0.228 e. The van der Waals surface area contributed by atoms with Gasteiger partial charge in [0.2, 0.25) is 5.95 Å². The first kappa shape index (κ1) is 18.4. The van der Waals surface area contributed by atoms with Crippen LogP contribution in [0.25, 0.3) is 22.3 Å². The molecule has 2 aromatic carbocycles. The zero-order chi connectivity index (χ0) is 20.8. The number of benzene rings is 2. The molecule has 5 rings (SSSR count). The Kier molecular flexibility index (Phi) is 4.27. The number of hydrogen-bond acceptors (Lipinski definition) is 6. The van der Waals surface area contributed by atoms with Crippen LogP contribution in [-0.4, -0.2) is 33.4 Å². The van der Waals surface area contributed by atoms with Crippen LogP contribution in [0.1, 0.15) is 11.1 Å². The van der Waals surface area contributed by atoms with E-state index >= 15 is 0 Å². The second-order valence-electron chi connectivity index (χ2n) is 7.37. The Morgan fingerprint density at radius 1 is 1.10 bits per heavy atom. The number of halogens is 1. The molecule has 0 radical (unpaired) electrons. The van der Waals surface area contributed by atoms with Gasteiger partial charge in [-0.2, -0.15) is 10.1 Å². The molecule has 0 unspecified atom stereocenters. The Morgan fingerprint density at radius 2 is 1.90 bits per heavy atom. The number of ether oxygens (including phenoxy) is 1. The van der Waals surface area contributed by atoms with Crippen molar-refractivity contribution < 1.29 is 9.13 Å². The number of hydrogen-bond donors (Lipinski definition) is 1. The largest absolute Gasteiger partial charge is 0.497 e.